The summed E-state index contributed by atoms with van der Waals surface area (Å²) in [4.78, 5) is 26.9. The molecule has 1 saturated heterocycles. The second-order valence-electron chi connectivity index (χ2n) is 6.49. The van der Waals surface area contributed by atoms with Crippen molar-refractivity contribution in [3.63, 3.8) is 0 Å². The quantitative estimate of drug-likeness (QED) is 0.471. The molecule has 28 heavy (non-hydrogen) atoms. The number of carbonyl (C=O) groups is 2. The molecule has 6 heteroatoms. The van der Waals surface area contributed by atoms with Crippen molar-refractivity contribution >= 4 is 17.4 Å². The summed E-state index contributed by atoms with van der Waals surface area (Å²) < 4.78 is 10.3. The van der Waals surface area contributed by atoms with Crippen molar-refractivity contribution < 1.29 is 24.2 Å². The van der Waals surface area contributed by atoms with Crippen molar-refractivity contribution in [2.45, 2.75) is 19.4 Å². The monoisotopic (exact) mass is 381 g/mol. The molecule has 1 fully saturated rings. The largest absolute Gasteiger partial charge is 0.507 e. The van der Waals surface area contributed by atoms with Gasteiger partial charge >= 0.3 is 0 Å². The summed E-state index contributed by atoms with van der Waals surface area (Å²) in [6.45, 7) is 2.36. The smallest absolute Gasteiger partial charge is 0.295 e. The molecule has 0 bridgehead atoms. The number of Topliss-reactive ketones (excluding diaryl/α,β-unsaturated/α-hetero) is 1. The maximum Gasteiger partial charge on any atom is 0.295 e. The Bertz CT molecular complexity index is 900. The van der Waals surface area contributed by atoms with Crippen molar-refractivity contribution in [2.24, 2.45) is 0 Å². The first kappa shape index (κ1) is 19.5. The number of ketones is 1. The fraction of sp³-hybridized carbons (Fsp3) is 0.273. The van der Waals surface area contributed by atoms with E-state index in [1.165, 1.54) is 4.90 Å². The highest BCUT2D eigenvalue weighted by atomic mass is 16.5. The molecule has 1 aliphatic rings. The first-order chi connectivity index (χ1) is 13.5. The summed E-state index contributed by atoms with van der Waals surface area (Å²) in [5.74, 6) is -0.165. The molecule has 0 saturated carbocycles. The van der Waals surface area contributed by atoms with Gasteiger partial charge in [-0.15, -0.1) is 0 Å². The van der Waals surface area contributed by atoms with Gasteiger partial charge in [0.05, 0.1) is 25.8 Å². The summed E-state index contributed by atoms with van der Waals surface area (Å²) in [5.41, 5.74) is 1.28. The Kier molecular flexibility index (Phi) is 5.68. The Morgan fingerprint density at radius 1 is 0.964 bits per heavy atom. The second-order valence-corrected chi connectivity index (χ2v) is 6.49. The number of likely N-dealkylation sites (tertiary alicyclic amines) is 1. The van der Waals surface area contributed by atoms with Gasteiger partial charge < -0.3 is 19.5 Å². The first-order valence-electron chi connectivity index (χ1n) is 9.08. The number of aliphatic hydroxyl groups is 1. The molecular formula is C22H23NO5. The molecule has 6 nitrogen and oxygen atoms in total. The molecule has 1 unspecified atom stereocenters. The number of ether oxygens (including phenoxy) is 2. The second kappa shape index (κ2) is 8.17. The molecule has 1 N–H and O–H groups in total. The van der Waals surface area contributed by atoms with E-state index in [0.717, 1.165) is 5.56 Å². The van der Waals surface area contributed by atoms with Crippen LogP contribution in [0.3, 0.4) is 0 Å². The van der Waals surface area contributed by atoms with Crippen LogP contribution < -0.4 is 9.47 Å². The number of hydrogen-bond donors (Lipinski definition) is 1. The third kappa shape index (κ3) is 3.45. The van der Waals surface area contributed by atoms with Gasteiger partial charge in [-0.1, -0.05) is 19.1 Å². The third-order valence-electron chi connectivity index (χ3n) is 4.80. The van der Waals surface area contributed by atoms with E-state index in [4.69, 9.17) is 9.47 Å². The van der Waals surface area contributed by atoms with Crippen LogP contribution in [0, 0.1) is 0 Å². The average Bonchev–Trinajstić information content (AvgIpc) is 2.98. The van der Waals surface area contributed by atoms with Crippen LogP contribution in [0.25, 0.3) is 5.76 Å². The topological polar surface area (TPSA) is 76.1 Å². The lowest BCUT2D eigenvalue weighted by Gasteiger charge is -2.25. The highest BCUT2D eigenvalue weighted by Crippen LogP contribution is 2.40. The van der Waals surface area contributed by atoms with Gasteiger partial charge in [-0.3, -0.25) is 9.59 Å². The lowest BCUT2D eigenvalue weighted by molar-refractivity contribution is -0.139. The zero-order chi connectivity index (χ0) is 20.3. The van der Waals surface area contributed by atoms with E-state index in [9.17, 15) is 14.7 Å². The lowest BCUT2D eigenvalue weighted by Crippen LogP contribution is -2.30. The minimum absolute atomic E-state index is 0.0915. The van der Waals surface area contributed by atoms with Crippen LogP contribution in [-0.2, 0) is 9.59 Å². The molecule has 0 radical (unpaired) electrons. The van der Waals surface area contributed by atoms with Crippen LogP contribution in [0.15, 0.2) is 54.1 Å². The maximum absolute atomic E-state index is 12.8. The van der Waals surface area contributed by atoms with Crippen LogP contribution in [0.1, 0.15) is 30.5 Å². The van der Waals surface area contributed by atoms with E-state index < -0.39 is 17.7 Å². The minimum Gasteiger partial charge on any atom is -0.507 e. The normalized spacial score (nSPS) is 18.4. The number of hydrogen-bond acceptors (Lipinski definition) is 5. The van der Waals surface area contributed by atoms with Crippen LogP contribution in [0.2, 0.25) is 0 Å². The van der Waals surface area contributed by atoms with E-state index in [2.05, 4.69) is 0 Å². The van der Waals surface area contributed by atoms with E-state index in [1.807, 2.05) is 6.92 Å². The first-order valence-corrected chi connectivity index (χ1v) is 9.08. The molecule has 1 atom stereocenters. The van der Waals surface area contributed by atoms with Crippen LogP contribution in [0.4, 0.5) is 0 Å². The molecule has 0 aliphatic carbocycles. The Balaban J connectivity index is 2.13. The fourth-order valence-electron chi connectivity index (χ4n) is 3.39. The van der Waals surface area contributed by atoms with E-state index in [-0.39, 0.29) is 11.3 Å². The Hall–Kier alpha value is -3.28. The van der Waals surface area contributed by atoms with Crippen molar-refractivity contribution in [3.8, 4) is 11.5 Å². The highest BCUT2D eigenvalue weighted by Gasteiger charge is 2.45. The molecule has 2 aromatic rings. The van der Waals surface area contributed by atoms with E-state index in [0.29, 0.717) is 30.0 Å². The molecule has 0 spiro atoms. The number of benzene rings is 2. The molecular weight excluding hydrogens is 358 g/mol. The van der Waals surface area contributed by atoms with Gasteiger partial charge in [-0.2, -0.15) is 0 Å². The Morgan fingerprint density at radius 3 is 2.00 bits per heavy atom. The standard InChI is InChI=1S/C22H23NO5/c1-4-13-23-19(14-5-9-16(27-2)10-6-14)18(21(25)22(23)26)20(24)15-7-11-17(28-3)12-8-15/h5-12,19,24H,4,13H2,1-3H3/b20-18-. The predicted octanol–water partition coefficient (Wildman–Crippen LogP) is 3.54. The molecule has 1 aliphatic heterocycles. The van der Waals surface area contributed by atoms with Gasteiger partial charge in [0.25, 0.3) is 11.7 Å². The molecule has 0 aromatic heterocycles. The van der Waals surface area contributed by atoms with Crippen LogP contribution in [0.5, 0.6) is 11.5 Å². The zero-order valence-electron chi connectivity index (χ0n) is 16.1. The van der Waals surface area contributed by atoms with E-state index >= 15 is 0 Å². The Labute approximate surface area is 164 Å². The van der Waals surface area contributed by atoms with Gasteiger partial charge in [0.1, 0.15) is 17.3 Å². The highest BCUT2D eigenvalue weighted by molar-refractivity contribution is 6.46. The number of carbonyl (C=O) groups excluding carboxylic acids is 2. The van der Waals surface area contributed by atoms with E-state index in [1.54, 1.807) is 62.8 Å². The van der Waals surface area contributed by atoms with Gasteiger partial charge in [0.15, 0.2) is 0 Å². The number of aliphatic hydroxyl groups excluding tert-OH is 1. The van der Waals surface area contributed by atoms with Gasteiger partial charge in [0, 0.05) is 12.1 Å². The van der Waals surface area contributed by atoms with Crippen molar-refractivity contribution in [1.82, 2.24) is 4.90 Å². The number of rotatable bonds is 6. The van der Waals surface area contributed by atoms with Crippen LogP contribution in [-0.4, -0.2) is 42.5 Å². The van der Waals surface area contributed by atoms with Crippen molar-refractivity contribution in [3.05, 3.63) is 65.2 Å². The van der Waals surface area contributed by atoms with Gasteiger partial charge in [0.2, 0.25) is 0 Å². The predicted molar refractivity (Wildman–Crippen MR) is 105 cm³/mol. The number of nitrogens with zero attached hydrogens (tertiary/aromatic N) is 1. The summed E-state index contributed by atoms with van der Waals surface area (Å²) in [7, 11) is 3.12. The molecule has 1 amide bonds. The fourth-order valence-corrected chi connectivity index (χ4v) is 3.39. The van der Waals surface area contributed by atoms with Crippen LogP contribution >= 0.6 is 0 Å². The number of amides is 1. The zero-order valence-corrected chi connectivity index (χ0v) is 16.1. The molecule has 2 aromatic carbocycles. The van der Waals surface area contributed by atoms with Crippen molar-refractivity contribution in [2.75, 3.05) is 20.8 Å². The average molecular weight is 381 g/mol. The number of methoxy groups -OCH3 is 2. The summed E-state index contributed by atoms with van der Waals surface area (Å²) >= 11 is 0. The summed E-state index contributed by atoms with van der Waals surface area (Å²) in [5, 5.41) is 10.9. The SMILES string of the molecule is CCCN1C(=O)C(=O)/C(=C(\O)c2ccc(OC)cc2)C1c1ccc(OC)cc1. The summed E-state index contributed by atoms with van der Waals surface area (Å²) in [6, 6.07) is 13.2. The van der Waals surface area contributed by atoms with Gasteiger partial charge in [-0.25, -0.2) is 0 Å². The molecule has 146 valence electrons. The maximum atomic E-state index is 12.8. The lowest BCUT2D eigenvalue weighted by atomic mass is 9.95. The van der Waals surface area contributed by atoms with Gasteiger partial charge in [-0.05, 0) is 48.4 Å². The summed E-state index contributed by atoms with van der Waals surface area (Å²) in [6.07, 6.45) is 0.697. The molecule has 1 heterocycles. The van der Waals surface area contributed by atoms with Crippen molar-refractivity contribution in [1.29, 1.82) is 0 Å². The molecule has 3 rings (SSSR count). The third-order valence-corrected chi connectivity index (χ3v) is 4.80. The minimum atomic E-state index is -0.678. The Morgan fingerprint density at radius 2 is 1.50 bits per heavy atom.